The first-order valence-corrected chi connectivity index (χ1v) is 7.39. The topological polar surface area (TPSA) is 69.8 Å². The van der Waals surface area contributed by atoms with Crippen LogP contribution < -0.4 is 16.2 Å². The standard InChI is InChI=1S/C14H22N4O/c19-13-11-5-1-2-6-12(11)17-14(18-13)16-9-10-4-3-7-15-8-10/h10,15H,1-9H2,(H2,16,17,18,19). The van der Waals surface area contributed by atoms with E-state index in [0.29, 0.717) is 11.9 Å². The minimum atomic E-state index is 0.0500. The third-order valence-electron chi connectivity index (χ3n) is 4.15. The highest BCUT2D eigenvalue weighted by Gasteiger charge is 2.16. The molecule has 0 amide bonds. The molecule has 0 radical (unpaired) electrons. The van der Waals surface area contributed by atoms with Gasteiger partial charge in [-0.1, -0.05) is 0 Å². The maximum atomic E-state index is 12.0. The molecule has 1 aromatic heterocycles. The van der Waals surface area contributed by atoms with Crippen LogP contribution in [0.3, 0.4) is 0 Å². The lowest BCUT2D eigenvalue weighted by molar-refractivity contribution is 0.392. The molecule has 1 aliphatic heterocycles. The molecule has 0 saturated carbocycles. The van der Waals surface area contributed by atoms with Crippen LogP contribution in [0.2, 0.25) is 0 Å². The summed E-state index contributed by atoms with van der Waals surface area (Å²) in [5.74, 6) is 1.28. The summed E-state index contributed by atoms with van der Waals surface area (Å²) in [6, 6.07) is 0. The van der Waals surface area contributed by atoms with Crippen LogP contribution in [0.25, 0.3) is 0 Å². The van der Waals surface area contributed by atoms with Crippen LogP contribution in [0.4, 0.5) is 5.95 Å². The average Bonchev–Trinajstić information content (AvgIpc) is 2.46. The predicted molar refractivity (Wildman–Crippen MR) is 75.6 cm³/mol. The van der Waals surface area contributed by atoms with E-state index in [1.54, 1.807) is 0 Å². The van der Waals surface area contributed by atoms with Crippen molar-refractivity contribution in [1.82, 2.24) is 15.3 Å². The largest absolute Gasteiger partial charge is 0.355 e. The highest BCUT2D eigenvalue weighted by Crippen LogP contribution is 2.17. The second-order valence-corrected chi connectivity index (χ2v) is 5.64. The molecular weight excluding hydrogens is 240 g/mol. The van der Waals surface area contributed by atoms with Gasteiger partial charge in [0, 0.05) is 12.1 Å². The summed E-state index contributed by atoms with van der Waals surface area (Å²) in [5, 5.41) is 6.70. The van der Waals surface area contributed by atoms with Gasteiger partial charge in [-0.3, -0.25) is 9.78 Å². The van der Waals surface area contributed by atoms with Crippen molar-refractivity contribution in [3.63, 3.8) is 0 Å². The van der Waals surface area contributed by atoms with Crippen molar-refractivity contribution in [2.75, 3.05) is 25.0 Å². The third-order valence-corrected chi connectivity index (χ3v) is 4.15. The van der Waals surface area contributed by atoms with E-state index in [-0.39, 0.29) is 5.56 Å². The molecule has 1 aliphatic carbocycles. The van der Waals surface area contributed by atoms with Crippen molar-refractivity contribution in [2.45, 2.75) is 38.5 Å². The number of nitrogens with zero attached hydrogens (tertiary/aromatic N) is 1. The lowest BCUT2D eigenvalue weighted by atomic mass is 9.97. The van der Waals surface area contributed by atoms with E-state index in [2.05, 4.69) is 20.6 Å². The lowest BCUT2D eigenvalue weighted by Crippen LogP contribution is -2.34. The number of hydrogen-bond donors (Lipinski definition) is 3. The molecule has 0 spiro atoms. The minimum absolute atomic E-state index is 0.0500. The molecule has 104 valence electrons. The number of aromatic nitrogens is 2. The van der Waals surface area contributed by atoms with Crippen molar-refractivity contribution in [3.05, 3.63) is 21.6 Å². The van der Waals surface area contributed by atoms with E-state index >= 15 is 0 Å². The highest BCUT2D eigenvalue weighted by atomic mass is 16.1. The number of nitrogens with one attached hydrogen (secondary N) is 3. The Bertz CT molecular complexity index is 491. The Kier molecular flexibility index (Phi) is 3.82. The van der Waals surface area contributed by atoms with Crippen molar-refractivity contribution >= 4 is 5.95 Å². The van der Waals surface area contributed by atoms with E-state index in [0.717, 1.165) is 56.6 Å². The quantitative estimate of drug-likeness (QED) is 0.762. The molecular formula is C14H22N4O. The number of piperidine rings is 1. The zero-order chi connectivity index (χ0) is 13.1. The van der Waals surface area contributed by atoms with Gasteiger partial charge in [0.05, 0.1) is 5.69 Å². The van der Waals surface area contributed by atoms with E-state index in [9.17, 15) is 4.79 Å². The fourth-order valence-electron chi connectivity index (χ4n) is 3.03. The SMILES string of the molecule is O=c1[nH]c(NCC2CCCNC2)nc2c1CCCC2. The molecule has 2 aliphatic rings. The number of aryl methyl sites for hydroxylation is 1. The molecule has 5 heteroatoms. The van der Waals surface area contributed by atoms with E-state index in [1.165, 1.54) is 12.8 Å². The van der Waals surface area contributed by atoms with Crippen molar-refractivity contribution in [2.24, 2.45) is 5.92 Å². The molecule has 5 nitrogen and oxygen atoms in total. The van der Waals surface area contributed by atoms with Crippen molar-refractivity contribution < 1.29 is 0 Å². The molecule has 1 saturated heterocycles. The molecule has 3 rings (SSSR count). The fourth-order valence-corrected chi connectivity index (χ4v) is 3.03. The summed E-state index contributed by atoms with van der Waals surface area (Å²) in [6.45, 7) is 3.07. The Morgan fingerprint density at radius 1 is 1.26 bits per heavy atom. The Labute approximate surface area is 113 Å². The Morgan fingerprint density at radius 2 is 2.16 bits per heavy atom. The zero-order valence-corrected chi connectivity index (χ0v) is 11.3. The van der Waals surface area contributed by atoms with Crippen LogP contribution in [-0.2, 0) is 12.8 Å². The summed E-state index contributed by atoms with van der Waals surface area (Å²) < 4.78 is 0. The molecule has 0 aromatic carbocycles. The number of H-pyrrole nitrogens is 1. The van der Waals surface area contributed by atoms with Gasteiger partial charge in [-0.05, 0) is 57.5 Å². The highest BCUT2D eigenvalue weighted by molar-refractivity contribution is 5.31. The zero-order valence-electron chi connectivity index (χ0n) is 11.3. The number of anilines is 1. The lowest BCUT2D eigenvalue weighted by Gasteiger charge is -2.23. The van der Waals surface area contributed by atoms with Crippen molar-refractivity contribution in [1.29, 1.82) is 0 Å². The monoisotopic (exact) mass is 262 g/mol. The number of aromatic amines is 1. The first-order valence-electron chi connectivity index (χ1n) is 7.39. The summed E-state index contributed by atoms with van der Waals surface area (Å²) in [4.78, 5) is 19.4. The summed E-state index contributed by atoms with van der Waals surface area (Å²) in [5.41, 5.74) is 1.95. The Hall–Kier alpha value is -1.36. The van der Waals surface area contributed by atoms with Gasteiger partial charge in [-0.2, -0.15) is 0 Å². The molecule has 0 bridgehead atoms. The molecule has 1 atom stereocenters. The van der Waals surface area contributed by atoms with E-state index < -0.39 is 0 Å². The van der Waals surface area contributed by atoms with Crippen LogP contribution in [0.15, 0.2) is 4.79 Å². The van der Waals surface area contributed by atoms with Gasteiger partial charge in [0.15, 0.2) is 0 Å². The Morgan fingerprint density at radius 3 is 3.00 bits per heavy atom. The van der Waals surface area contributed by atoms with Crippen LogP contribution in [0.1, 0.15) is 36.9 Å². The van der Waals surface area contributed by atoms with Crippen LogP contribution in [-0.4, -0.2) is 29.6 Å². The Balaban J connectivity index is 1.67. The first-order chi connectivity index (χ1) is 9.33. The fraction of sp³-hybridized carbons (Fsp3) is 0.714. The molecule has 3 N–H and O–H groups in total. The minimum Gasteiger partial charge on any atom is -0.355 e. The normalized spacial score (nSPS) is 22.8. The van der Waals surface area contributed by atoms with Gasteiger partial charge in [0.1, 0.15) is 0 Å². The first kappa shape index (κ1) is 12.7. The maximum absolute atomic E-state index is 12.0. The number of hydrogen-bond acceptors (Lipinski definition) is 4. The van der Waals surface area contributed by atoms with Crippen LogP contribution in [0.5, 0.6) is 0 Å². The summed E-state index contributed by atoms with van der Waals surface area (Å²) in [6.07, 6.45) is 6.56. The second kappa shape index (κ2) is 5.74. The van der Waals surface area contributed by atoms with Gasteiger partial charge in [-0.25, -0.2) is 4.98 Å². The molecule has 19 heavy (non-hydrogen) atoms. The average molecular weight is 262 g/mol. The second-order valence-electron chi connectivity index (χ2n) is 5.64. The van der Waals surface area contributed by atoms with Gasteiger partial charge in [0.2, 0.25) is 5.95 Å². The number of fused-ring (bicyclic) bond motifs is 1. The van der Waals surface area contributed by atoms with Gasteiger partial charge >= 0.3 is 0 Å². The van der Waals surface area contributed by atoms with Crippen molar-refractivity contribution in [3.8, 4) is 0 Å². The van der Waals surface area contributed by atoms with Crippen LogP contribution >= 0.6 is 0 Å². The third kappa shape index (κ3) is 2.97. The molecule has 1 fully saturated rings. The maximum Gasteiger partial charge on any atom is 0.255 e. The molecule has 1 unspecified atom stereocenters. The summed E-state index contributed by atoms with van der Waals surface area (Å²) >= 11 is 0. The van der Waals surface area contributed by atoms with Gasteiger partial charge in [0.25, 0.3) is 5.56 Å². The van der Waals surface area contributed by atoms with Gasteiger partial charge in [-0.15, -0.1) is 0 Å². The van der Waals surface area contributed by atoms with E-state index in [1.807, 2.05) is 0 Å². The van der Waals surface area contributed by atoms with Crippen LogP contribution in [0, 0.1) is 5.92 Å². The predicted octanol–water partition coefficient (Wildman–Crippen LogP) is 1.06. The number of rotatable bonds is 3. The smallest absolute Gasteiger partial charge is 0.255 e. The molecule has 2 heterocycles. The molecule has 1 aromatic rings. The van der Waals surface area contributed by atoms with Gasteiger partial charge < -0.3 is 10.6 Å². The van der Waals surface area contributed by atoms with E-state index in [4.69, 9.17) is 0 Å². The summed E-state index contributed by atoms with van der Waals surface area (Å²) in [7, 11) is 0.